The van der Waals surface area contributed by atoms with E-state index in [4.69, 9.17) is 0 Å². The van der Waals surface area contributed by atoms with Crippen molar-refractivity contribution in [1.82, 2.24) is 10.2 Å². The van der Waals surface area contributed by atoms with Crippen LogP contribution in [0.4, 0.5) is 0 Å². The Bertz CT molecular complexity index is 277. The molecule has 1 N–H and O–H groups in total. The van der Waals surface area contributed by atoms with Crippen LogP contribution in [0.3, 0.4) is 0 Å². The van der Waals surface area contributed by atoms with Crippen molar-refractivity contribution >= 4 is 0 Å². The summed E-state index contributed by atoms with van der Waals surface area (Å²) in [4.78, 5) is 2.94. The summed E-state index contributed by atoms with van der Waals surface area (Å²) < 4.78 is 0. The Morgan fingerprint density at radius 3 is 2.30 bits per heavy atom. The van der Waals surface area contributed by atoms with Crippen molar-refractivity contribution in [3.05, 3.63) is 0 Å². The van der Waals surface area contributed by atoms with Crippen molar-refractivity contribution in [2.45, 2.75) is 96.7 Å². The molecular formula is C18H36N2. The standard InChI is InChI=1S/C18H36N2/c1-5-18(6-2)14-19-16(12-15(3)4)13-20(18)17-10-8-7-9-11-17/h15-17,19H,5-14H2,1-4H3. The van der Waals surface area contributed by atoms with Crippen molar-refractivity contribution in [2.75, 3.05) is 13.1 Å². The molecule has 0 spiro atoms. The van der Waals surface area contributed by atoms with E-state index in [1.807, 2.05) is 0 Å². The first-order chi connectivity index (χ1) is 9.61. The van der Waals surface area contributed by atoms with E-state index in [-0.39, 0.29) is 0 Å². The van der Waals surface area contributed by atoms with E-state index in [1.165, 1.54) is 64.5 Å². The molecular weight excluding hydrogens is 244 g/mol. The molecule has 0 aromatic rings. The van der Waals surface area contributed by atoms with Crippen LogP contribution in [0.1, 0.15) is 79.1 Å². The lowest BCUT2D eigenvalue weighted by molar-refractivity contribution is -0.0194. The molecule has 1 aliphatic carbocycles. The molecule has 0 aromatic carbocycles. The minimum atomic E-state index is 0.426. The fourth-order valence-corrected chi connectivity index (χ4v) is 4.49. The monoisotopic (exact) mass is 280 g/mol. The molecule has 1 atom stereocenters. The number of nitrogens with one attached hydrogen (secondary N) is 1. The van der Waals surface area contributed by atoms with Crippen molar-refractivity contribution in [2.24, 2.45) is 5.92 Å². The average molecular weight is 280 g/mol. The first kappa shape index (κ1) is 16.3. The Labute approximate surface area is 126 Å². The van der Waals surface area contributed by atoms with Crippen molar-refractivity contribution in [3.8, 4) is 0 Å². The zero-order valence-corrected chi connectivity index (χ0v) is 14.3. The summed E-state index contributed by atoms with van der Waals surface area (Å²) in [5.41, 5.74) is 0.426. The van der Waals surface area contributed by atoms with Gasteiger partial charge in [-0.3, -0.25) is 4.90 Å². The molecule has 1 saturated carbocycles. The molecule has 0 amide bonds. The Hall–Kier alpha value is -0.0800. The molecule has 2 aliphatic rings. The van der Waals surface area contributed by atoms with Gasteiger partial charge in [0.2, 0.25) is 0 Å². The molecule has 1 unspecified atom stereocenters. The Kier molecular flexibility index (Phi) is 5.92. The minimum Gasteiger partial charge on any atom is -0.311 e. The molecule has 2 fully saturated rings. The number of rotatable bonds is 5. The topological polar surface area (TPSA) is 15.3 Å². The second-order valence-corrected chi connectivity index (χ2v) is 7.58. The van der Waals surface area contributed by atoms with E-state index in [2.05, 4.69) is 37.9 Å². The highest BCUT2D eigenvalue weighted by Crippen LogP contribution is 2.35. The van der Waals surface area contributed by atoms with E-state index in [0.29, 0.717) is 11.6 Å². The highest BCUT2D eigenvalue weighted by Gasteiger charge is 2.42. The summed E-state index contributed by atoms with van der Waals surface area (Å²) in [5.74, 6) is 0.802. The summed E-state index contributed by atoms with van der Waals surface area (Å²) in [6.45, 7) is 12.0. The van der Waals surface area contributed by atoms with Gasteiger partial charge < -0.3 is 5.32 Å². The van der Waals surface area contributed by atoms with Gasteiger partial charge in [-0.15, -0.1) is 0 Å². The minimum absolute atomic E-state index is 0.426. The van der Waals surface area contributed by atoms with Gasteiger partial charge in [0.25, 0.3) is 0 Å². The Balaban J connectivity index is 2.09. The predicted octanol–water partition coefficient (Wildman–Crippen LogP) is 4.20. The van der Waals surface area contributed by atoms with Gasteiger partial charge in [-0.1, -0.05) is 47.0 Å². The van der Waals surface area contributed by atoms with Gasteiger partial charge in [-0.05, 0) is 38.0 Å². The molecule has 0 bridgehead atoms. The van der Waals surface area contributed by atoms with Crippen LogP contribution in [-0.4, -0.2) is 35.6 Å². The van der Waals surface area contributed by atoms with Crippen LogP contribution >= 0.6 is 0 Å². The zero-order valence-electron chi connectivity index (χ0n) is 14.3. The van der Waals surface area contributed by atoms with Crippen LogP contribution in [0.25, 0.3) is 0 Å². The molecule has 1 saturated heterocycles. The Morgan fingerprint density at radius 2 is 1.75 bits per heavy atom. The normalized spacial score (nSPS) is 28.9. The summed E-state index contributed by atoms with van der Waals surface area (Å²) >= 11 is 0. The van der Waals surface area contributed by atoms with Gasteiger partial charge in [0.15, 0.2) is 0 Å². The van der Waals surface area contributed by atoms with Crippen molar-refractivity contribution < 1.29 is 0 Å². The lowest BCUT2D eigenvalue weighted by Crippen LogP contribution is -2.67. The predicted molar refractivity (Wildman–Crippen MR) is 88.1 cm³/mol. The lowest BCUT2D eigenvalue weighted by Gasteiger charge is -2.54. The third-order valence-electron chi connectivity index (χ3n) is 5.83. The van der Waals surface area contributed by atoms with E-state index in [9.17, 15) is 0 Å². The van der Waals surface area contributed by atoms with Gasteiger partial charge >= 0.3 is 0 Å². The summed E-state index contributed by atoms with van der Waals surface area (Å²) in [7, 11) is 0. The van der Waals surface area contributed by atoms with Crippen LogP contribution in [-0.2, 0) is 0 Å². The first-order valence-electron chi connectivity index (χ1n) is 9.11. The van der Waals surface area contributed by atoms with Crippen LogP contribution in [0, 0.1) is 5.92 Å². The molecule has 1 heterocycles. The smallest absolute Gasteiger partial charge is 0.0332 e. The van der Waals surface area contributed by atoms with Crippen molar-refractivity contribution in [3.63, 3.8) is 0 Å². The molecule has 20 heavy (non-hydrogen) atoms. The number of nitrogens with zero attached hydrogens (tertiary/aromatic N) is 1. The van der Waals surface area contributed by atoms with Crippen molar-refractivity contribution in [1.29, 1.82) is 0 Å². The first-order valence-corrected chi connectivity index (χ1v) is 9.11. The molecule has 1 aliphatic heterocycles. The van der Waals surface area contributed by atoms with Crippen LogP contribution in [0.2, 0.25) is 0 Å². The fourth-order valence-electron chi connectivity index (χ4n) is 4.49. The third-order valence-corrected chi connectivity index (χ3v) is 5.83. The number of piperazine rings is 1. The fraction of sp³-hybridized carbons (Fsp3) is 1.00. The number of hydrogen-bond acceptors (Lipinski definition) is 2. The maximum absolute atomic E-state index is 3.87. The summed E-state index contributed by atoms with van der Waals surface area (Å²) in [6.07, 6.45) is 11.2. The molecule has 2 heteroatoms. The lowest BCUT2D eigenvalue weighted by atomic mass is 9.81. The molecule has 118 valence electrons. The molecule has 0 aromatic heterocycles. The largest absolute Gasteiger partial charge is 0.311 e. The van der Waals surface area contributed by atoms with E-state index < -0.39 is 0 Å². The summed E-state index contributed by atoms with van der Waals surface area (Å²) in [6, 6.07) is 1.57. The molecule has 0 radical (unpaired) electrons. The SMILES string of the molecule is CCC1(CC)CNC(CC(C)C)CN1C1CCCCC1. The molecule has 2 rings (SSSR count). The number of hydrogen-bond donors (Lipinski definition) is 1. The quantitative estimate of drug-likeness (QED) is 0.812. The van der Waals surface area contributed by atoms with Gasteiger partial charge in [0.1, 0.15) is 0 Å². The van der Waals surface area contributed by atoms with Crippen LogP contribution in [0.15, 0.2) is 0 Å². The summed E-state index contributed by atoms with van der Waals surface area (Å²) in [5, 5.41) is 3.87. The maximum Gasteiger partial charge on any atom is 0.0332 e. The average Bonchev–Trinajstić information content (AvgIpc) is 2.48. The zero-order chi connectivity index (χ0) is 14.6. The van der Waals surface area contributed by atoms with Crippen LogP contribution < -0.4 is 5.32 Å². The Morgan fingerprint density at radius 1 is 1.10 bits per heavy atom. The highest BCUT2D eigenvalue weighted by atomic mass is 15.3. The maximum atomic E-state index is 3.87. The third kappa shape index (κ3) is 3.57. The second-order valence-electron chi connectivity index (χ2n) is 7.58. The highest BCUT2D eigenvalue weighted by molar-refractivity contribution is 5.00. The van der Waals surface area contributed by atoms with E-state index in [0.717, 1.165) is 12.0 Å². The second kappa shape index (κ2) is 7.26. The van der Waals surface area contributed by atoms with Gasteiger partial charge in [-0.25, -0.2) is 0 Å². The molecule has 2 nitrogen and oxygen atoms in total. The van der Waals surface area contributed by atoms with Gasteiger partial charge in [0, 0.05) is 30.7 Å². The van der Waals surface area contributed by atoms with Gasteiger partial charge in [0.05, 0.1) is 0 Å². The van der Waals surface area contributed by atoms with Crippen LogP contribution in [0.5, 0.6) is 0 Å². The van der Waals surface area contributed by atoms with E-state index in [1.54, 1.807) is 0 Å². The van der Waals surface area contributed by atoms with Gasteiger partial charge in [-0.2, -0.15) is 0 Å². The van der Waals surface area contributed by atoms with E-state index >= 15 is 0 Å².